The molecule has 0 saturated heterocycles. The van der Waals surface area contributed by atoms with E-state index in [1.54, 1.807) is 26.0 Å². The molecule has 0 radical (unpaired) electrons. The highest BCUT2D eigenvalue weighted by molar-refractivity contribution is 9.10. The van der Waals surface area contributed by atoms with Gasteiger partial charge in [-0.25, -0.2) is 0 Å². The van der Waals surface area contributed by atoms with Crippen molar-refractivity contribution in [3.63, 3.8) is 0 Å². The van der Waals surface area contributed by atoms with E-state index < -0.39 is 24.3 Å². The highest BCUT2D eigenvalue weighted by Gasteiger charge is 2.29. The summed E-state index contributed by atoms with van der Waals surface area (Å²) in [6.45, 7) is 24.8. The molecule has 0 aliphatic rings. The number of halogens is 2. The number of nitrogen functional groups attached to an aromatic ring is 1. The molecule has 12 nitrogen and oxygen atoms in total. The van der Waals surface area contributed by atoms with E-state index in [1.165, 1.54) is 12.3 Å². The number of carbonyl (C=O) groups excluding carboxylic acids is 6. The highest BCUT2D eigenvalue weighted by Crippen LogP contribution is 2.36. The van der Waals surface area contributed by atoms with Gasteiger partial charge in [0.05, 0.1) is 10.5 Å². The van der Waals surface area contributed by atoms with Crippen molar-refractivity contribution < 1.29 is 52.8 Å². The van der Waals surface area contributed by atoms with Gasteiger partial charge in [0.15, 0.2) is 35.0 Å². The number of fused-ring (bicyclic) bond motifs is 6. The molecule has 13 aromatic rings. The van der Waals surface area contributed by atoms with Crippen molar-refractivity contribution in [2.75, 3.05) is 5.73 Å². The Bertz CT molecular complexity index is 5060. The topological polar surface area (TPSA) is 204 Å². The number of ketones is 5. The van der Waals surface area contributed by atoms with E-state index in [0.29, 0.717) is 34.9 Å². The molecule has 107 heavy (non-hydrogen) atoms. The quantitative estimate of drug-likeness (QED) is 0.0417. The van der Waals surface area contributed by atoms with Gasteiger partial charge >= 0.3 is 5.97 Å². The lowest BCUT2D eigenvalue weighted by atomic mass is 9.94. The molecule has 14 heteroatoms. The van der Waals surface area contributed by atoms with E-state index in [2.05, 4.69) is 66.8 Å². The Hall–Kier alpha value is -10.6. The number of anilines is 1. The third kappa shape index (κ3) is 21.8. The monoisotopic (exact) mass is 1500 g/mol. The first-order valence-electron chi connectivity index (χ1n) is 36.2. The largest absolute Gasteiger partial charge is 0.454 e. The van der Waals surface area contributed by atoms with Crippen LogP contribution in [0.25, 0.3) is 76.0 Å². The number of aliphatic hydroxyl groups is 2. The number of nitrogens with zero attached hydrogens (tertiary/aromatic N) is 1. The van der Waals surface area contributed by atoms with Crippen LogP contribution in [-0.4, -0.2) is 67.1 Å². The smallest absolute Gasteiger partial charge is 0.303 e. The maximum absolute atomic E-state index is 12.7. The van der Waals surface area contributed by atoms with Crippen molar-refractivity contribution in [3.05, 3.63) is 288 Å². The number of esters is 1. The Morgan fingerprint density at radius 2 is 0.785 bits per heavy atom. The maximum atomic E-state index is 12.7. The zero-order valence-corrected chi connectivity index (χ0v) is 64.8. The molecular formula is C93H98BrFN2O10. The predicted molar refractivity (Wildman–Crippen MR) is 441 cm³/mol. The van der Waals surface area contributed by atoms with Gasteiger partial charge in [-0.15, -0.1) is 0 Å². The fourth-order valence-corrected chi connectivity index (χ4v) is 12.6. The maximum Gasteiger partial charge on any atom is 0.303 e. The Balaban J connectivity index is 0.000000179. The third-order valence-corrected chi connectivity index (χ3v) is 19.4. The summed E-state index contributed by atoms with van der Waals surface area (Å²) in [5, 5.41) is 32.5. The molecule has 0 bridgehead atoms. The number of ether oxygens (including phenoxy) is 1. The molecule has 0 fully saturated rings. The van der Waals surface area contributed by atoms with Gasteiger partial charge in [-0.05, 0) is 99.8 Å². The van der Waals surface area contributed by atoms with Gasteiger partial charge in [-0.1, -0.05) is 354 Å². The number of alkyl halides is 1. The summed E-state index contributed by atoms with van der Waals surface area (Å²) in [5.41, 5.74) is 11.2. The zero-order valence-electron chi connectivity index (χ0n) is 63.2. The summed E-state index contributed by atoms with van der Waals surface area (Å²) in [5.74, 6) is 0.953. The number of hydrogen-bond acceptors (Lipinski definition) is 12. The minimum absolute atomic E-state index is 0. The average molecular weight is 1500 g/mol. The van der Waals surface area contributed by atoms with Gasteiger partial charge in [-0.2, -0.15) is 4.98 Å². The minimum Gasteiger partial charge on any atom is -0.454 e. The van der Waals surface area contributed by atoms with Crippen molar-refractivity contribution in [2.45, 2.75) is 125 Å². The Labute approximate surface area is 635 Å². The molecule has 1 aromatic heterocycles. The number of carbonyl (C=O) groups is 6. The lowest BCUT2D eigenvalue weighted by molar-refractivity contribution is -0.146. The van der Waals surface area contributed by atoms with Gasteiger partial charge in [0.2, 0.25) is 5.78 Å². The van der Waals surface area contributed by atoms with Crippen LogP contribution in [0.5, 0.6) is 0 Å². The number of Topliss-reactive ketones (excluding diaryl/α,β-unsaturated/α-hetero) is 5. The van der Waals surface area contributed by atoms with Crippen molar-refractivity contribution in [1.82, 2.24) is 4.98 Å². The van der Waals surface area contributed by atoms with E-state index in [9.17, 15) is 39.0 Å². The summed E-state index contributed by atoms with van der Waals surface area (Å²) in [4.78, 5) is 76.4. The van der Waals surface area contributed by atoms with E-state index in [4.69, 9.17) is 14.9 Å². The van der Waals surface area contributed by atoms with Crippen LogP contribution in [0.15, 0.2) is 259 Å². The molecule has 1 heterocycles. The lowest BCUT2D eigenvalue weighted by Crippen LogP contribution is -2.31. The number of rotatable bonds is 18. The molecule has 554 valence electrons. The fourth-order valence-electron chi connectivity index (χ4n) is 12.3. The first-order valence-corrected chi connectivity index (χ1v) is 37.1. The molecule has 13 rings (SSSR count). The molecule has 0 aliphatic heterocycles. The van der Waals surface area contributed by atoms with Crippen LogP contribution in [0.1, 0.15) is 161 Å². The standard InChI is InChI=1S/C17H18O3.C16H16N2O.C15H15BrO.2C15H16O2.C15H16O.FH/c1-11(2)17(20-12(3)18)16(19)15-10-6-8-13-7-4-5-9-14(13)15;1-10(2)14-15(19-16(17)18-14)13-9-5-7-11-6-3-4-8-12(11)13;3*1-10(2)14(16)15(17)13-9-5-7-11-6-3-4-8-12(11)13;1-11(2)10-15(16)14-9-5-7-12-6-3-4-8-13(12)14;/h4-11,17H,1-3H3;3-10H,1-2H3,(H2,17,18);3-10,14H,1-2H3;3-10,15,17H,1-2H3;3-10,14,16H,1-2H3;3-9,11H,10H2,1-2H3;1H. The Morgan fingerprint density at radius 3 is 1.19 bits per heavy atom. The van der Waals surface area contributed by atoms with Gasteiger partial charge in [0.1, 0.15) is 12.2 Å². The number of oxazole rings is 1. The van der Waals surface area contributed by atoms with Crippen LogP contribution in [-0.2, 0) is 14.3 Å². The van der Waals surface area contributed by atoms with Crippen molar-refractivity contribution in [3.8, 4) is 11.3 Å². The predicted octanol–water partition coefficient (Wildman–Crippen LogP) is 22.6. The molecule has 4 atom stereocenters. The van der Waals surface area contributed by atoms with E-state index >= 15 is 0 Å². The third-order valence-electron chi connectivity index (χ3n) is 17.9. The van der Waals surface area contributed by atoms with E-state index in [1.807, 2.05) is 266 Å². The molecule has 4 unspecified atom stereocenters. The second kappa shape index (κ2) is 39.6. The Kier molecular flexibility index (Phi) is 31.0. The average Bonchev–Trinajstić information content (AvgIpc) is 1.20. The van der Waals surface area contributed by atoms with Gasteiger partial charge in [0.25, 0.3) is 6.01 Å². The molecule has 0 aliphatic carbocycles. The van der Waals surface area contributed by atoms with Crippen LogP contribution in [0.3, 0.4) is 0 Å². The summed E-state index contributed by atoms with van der Waals surface area (Å²) in [7, 11) is 0. The van der Waals surface area contributed by atoms with Crippen molar-refractivity contribution in [1.29, 1.82) is 0 Å². The molecule has 0 amide bonds. The number of hydrogen-bond donors (Lipinski definition) is 3. The van der Waals surface area contributed by atoms with Gasteiger partial charge in [0, 0.05) is 47.1 Å². The van der Waals surface area contributed by atoms with Crippen LogP contribution in [0.4, 0.5) is 10.7 Å². The normalized spacial score (nSPS) is 12.1. The van der Waals surface area contributed by atoms with Crippen LogP contribution in [0, 0.1) is 29.6 Å². The minimum atomic E-state index is -1.03. The molecule has 12 aromatic carbocycles. The Morgan fingerprint density at radius 1 is 0.430 bits per heavy atom. The molecule has 0 spiro atoms. The van der Waals surface area contributed by atoms with Crippen molar-refractivity contribution in [2.24, 2.45) is 29.6 Å². The van der Waals surface area contributed by atoms with Crippen LogP contribution in [0.2, 0.25) is 0 Å². The summed E-state index contributed by atoms with van der Waals surface area (Å²) in [6, 6.07) is 82.5. The number of nitrogens with two attached hydrogens (primary N) is 1. The SMILES string of the molecule is CC(=O)OC(C(=O)c1cccc2ccccc12)C(C)C.CC(C)C(=O)C(O)c1cccc2ccccc12.CC(C)C(Br)C(=O)c1cccc2ccccc12.CC(C)C(O)C(=O)c1cccc2ccccc12.CC(C)CC(=O)c1cccc2ccccc12.CC(C)c1nc(N)oc1-c1cccc2ccccc12.F. The fraction of sp³-hybridized carbons (Fsp3) is 0.258. The summed E-state index contributed by atoms with van der Waals surface area (Å²) < 4.78 is 10.8. The second-order valence-electron chi connectivity index (χ2n) is 28.3. The number of aliphatic hydroxyl groups excluding tert-OH is 2. The summed E-state index contributed by atoms with van der Waals surface area (Å²) >= 11 is 3.48. The molecule has 0 saturated carbocycles. The molecular weight excluding hydrogens is 1400 g/mol. The highest BCUT2D eigenvalue weighted by atomic mass is 79.9. The van der Waals surface area contributed by atoms with Crippen LogP contribution < -0.4 is 5.73 Å². The number of aromatic nitrogens is 1. The van der Waals surface area contributed by atoms with E-state index in [-0.39, 0.29) is 68.1 Å². The first kappa shape index (κ1) is 83.6. The van der Waals surface area contributed by atoms with Crippen molar-refractivity contribution >= 4 is 121 Å². The summed E-state index contributed by atoms with van der Waals surface area (Å²) in [6.07, 6.45) is -2.08. The first-order chi connectivity index (χ1) is 50.7. The number of benzene rings is 12. The van der Waals surface area contributed by atoms with Gasteiger partial charge in [-0.3, -0.25) is 33.5 Å². The van der Waals surface area contributed by atoms with E-state index in [0.717, 1.165) is 87.4 Å². The zero-order chi connectivity index (χ0) is 76.9. The van der Waals surface area contributed by atoms with Gasteiger partial charge < -0.3 is 25.1 Å². The van der Waals surface area contributed by atoms with Crippen LogP contribution >= 0.6 is 15.9 Å². The second-order valence-corrected chi connectivity index (χ2v) is 29.3. The lowest BCUT2D eigenvalue weighted by Gasteiger charge is -2.20. The molecule has 4 N–H and O–H groups in total.